The molecule has 2 rings (SSSR count). The molecule has 0 saturated carbocycles. The van der Waals surface area contributed by atoms with Gasteiger partial charge in [0.15, 0.2) is 5.75 Å². The molecule has 2 aromatic rings. The van der Waals surface area contributed by atoms with Crippen LogP contribution in [0.15, 0.2) is 66.2 Å². The van der Waals surface area contributed by atoms with Crippen LogP contribution in [0.25, 0.3) is 0 Å². The van der Waals surface area contributed by atoms with Gasteiger partial charge >= 0.3 is 0 Å². The molecule has 18 heavy (non-hydrogen) atoms. The number of benzene rings is 1. The highest BCUT2D eigenvalue weighted by Crippen LogP contribution is 2.07. The molecule has 0 bridgehead atoms. The quantitative estimate of drug-likeness (QED) is 0.753. The molecule has 0 amide bonds. The van der Waals surface area contributed by atoms with E-state index in [0.29, 0.717) is 18.9 Å². The van der Waals surface area contributed by atoms with Crippen molar-refractivity contribution in [3.8, 4) is 5.75 Å². The van der Waals surface area contributed by atoms with Crippen LogP contribution in [0.5, 0.6) is 5.75 Å². The summed E-state index contributed by atoms with van der Waals surface area (Å²) in [5.41, 5.74) is 0.933. The SMILES string of the molecule is C=CCn1ccc(=O)c(OCc2ccccc2)c1. The number of nitrogens with zero attached hydrogens (tertiary/aromatic N) is 1. The van der Waals surface area contributed by atoms with E-state index in [1.165, 1.54) is 6.07 Å². The summed E-state index contributed by atoms with van der Waals surface area (Å²) in [6.45, 7) is 4.71. The van der Waals surface area contributed by atoms with E-state index in [9.17, 15) is 4.79 Å². The molecule has 0 radical (unpaired) electrons. The van der Waals surface area contributed by atoms with Crippen molar-refractivity contribution >= 4 is 0 Å². The summed E-state index contributed by atoms with van der Waals surface area (Å²) in [6.07, 6.45) is 5.19. The lowest BCUT2D eigenvalue weighted by atomic mass is 10.2. The highest BCUT2D eigenvalue weighted by Gasteiger charge is 2.01. The molecule has 92 valence electrons. The Kier molecular flexibility index (Phi) is 3.97. The minimum absolute atomic E-state index is 0.105. The first-order chi connectivity index (χ1) is 8.79. The number of ether oxygens (including phenoxy) is 1. The van der Waals surface area contributed by atoms with Crippen LogP contribution in [0.3, 0.4) is 0 Å². The lowest BCUT2D eigenvalue weighted by Crippen LogP contribution is -2.10. The predicted octanol–water partition coefficient (Wildman–Crippen LogP) is 2.61. The number of allylic oxidation sites excluding steroid dienone is 1. The summed E-state index contributed by atoms with van der Waals surface area (Å²) in [4.78, 5) is 11.6. The summed E-state index contributed by atoms with van der Waals surface area (Å²) in [6, 6.07) is 11.3. The zero-order chi connectivity index (χ0) is 12.8. The minimum Gasteiger partial charge on any atom is -0.483 e. The van der Waals surface area contributed by atoms with Crippen molar-refractivity contribution in [2.24, 2.45) is 0 Å². The third-order valence-electron chi connectivity index (χ3n) is 2.52. The lowest BCUT2D eigenvalue weighted by molar-refractivity contribution is 0.300. The fourth-order valence-corrected chi connectivity index (χ4v) is 1.61. The molecule has 3 heteroatoms. The van der Waals surface area contributed by atoms with Gasteiger partial charge in [0.05, 0.1) is 6.20 Å². The average molecular weight is 241 g/mol. The van der Waals surface area contributed by atoms with Crippen molar-refractivity contribution < 1.29 is 4.74 Å². The van der Waals surface area contributed by atoms with Gasteiger partial charge < -0.3 is 9.30 Å². The van der Waals surface area contributed by atoms with E-state index in [2.05, 4.69) is 6.58 Å². The molecule has 0 aliphatic rings. The van der Waals surface area contributed by atoms with Gasteiger partial charge in [0, 0.05) is 18.8 Å². The van der Waals surface area contributed by atoms with Gasteiger partial charge in [0.2, 0.25) is 5.43 Å². The Labute approximate surface area is 106 Å². The molecule has 0 aliphatic heterocycles. The van der Waals surface area contributed by atoms with E-state index in [1.54, 1.807) is 18.5 Å². The van der Waals surface area contributed by atoms with Crippen LogP contribution in [0.2, 0.25) is 0 Å². The van der Waals surface area contributed by atoms with Gasteiger partial charge in [0.25, 0.3) is 0 Å². The van der Waals surface area contributed by atoms with Crippen LogP contribution < -0.4 is 10.2 Å². The zero-order valence-corrected chi connectivity index (χ0v) is 10.1. The van der Waals surface area contributed by atoms with E-state index in [1.807, 2.05) is 34.9 Å². The number of aromatic nitrogens is 1. The highest BCUT2D eigenvalue weighted by molar-refractivity contribution is 5.20. The van der Waals surface area contributed by atoms with Gasteiger partial charge in [-0.3, -0.25) is 4.79 Å². The summed E-state index contributed by atoms with van der Waals surface area (Å²) in [5, 5.41) is 0. The normalized spacial score (nSPS) is 10.0. The first kappa shape index (κ1) is 12.2. The maximum Gasteiger partial charge on any atom is 0.223 e. The van der Waals surface area contributed by atoms with Crippen LogP contribution in [0, 0.1) is 0 Å². The fourth-order valence-electron chi connectivity index (χ4n) is 1.61. The molecule has 0 fully saturated rings. The Bertz CT molecular complexity index is 573. The Balaban J connectivity index is 2.11. The number of rotatable bonds is 5. The van der Waals surface area contributed by atoms with E-state index in [0.717, 1.165) is 5.56 Å². The number of hydrogen-bond acceptors (Lipinski definition) is 2. The Morgan fingerprint density at radius 1 is 1.22 bits per heavy atom. The molecule has 0 N–H and O–H groups in total. The van der Waals surface area contributed by atoms with E-state index in [4.69, 9.17) is 4.74 Å². The van der Waals surface area contributed by atoms with Crippen molar-refractivity contribution in [2.75, 3.05) is 0 Å². The fraction of sp³-hybridized carbons (Fsp3) is 0.133. The number of hydrogen-bond donors (Lipinski definition) is 0. The molecule has 0 spiro atoms. The van der Waals surface area contributed by atoms with Gasteiger partial charge in [-0.1, -0.05) is 36.4 Å². The molecule has 0 atom stereocenters. The summed E-state index contributed by atoms with van der Waals surface area (Å²) < 4.78 is 7.40. The summed E-state index contributed by atoms with van der Waals surface area (Å²) >= 11 is 0. The van der Waals surface area contributed by atoms with Gasteiger partial charge in [-0.25, -0.2) is 0 Å². The molecule has 0 unspecified atom stereocenters. The van der Waals surface area contributed by atoms with Crippen molar-refractivity contribution in [3.05, 3.63) is 77.2 Å². The van der Waals surface area contributed by atoms with E-state index >= 15 is 0 Å². The second kappa shape index (κ2) is 5.87. The molecule has 1 aromatic carbocycles. The Morgan fingerprint density at radius 3 is 2.72 bits per heavy atom. The molecule has 1 heterocycles. The van der Waals surface area contributed by atoms with Gasteiger partial charge in [-0.2, -0.15) is 0 Å². The van der Waals surface area contributed by atoms with Crippen molar-refractivity contribution in [1.29, 1.82) is 0 Å². The van der Waals surface area contributed by atoms with Crippen LogP contribution in [0.4, 0.5) is 0 Å². The first-order valence-electron chi connectivity index (χ1n) is 5.77. The van der Waals surface area contributed by atoms with Crippen molar-refractivity contribution in [1.82, 2.24) is 4.57 Å². The monoisotopic (exact) mass is 241 g/mol. The molecular weight excluding hydrogens is 226 g/mol. The van der Waals surface area contributed by atoms with Crippen molar-refractivity contribution in [3.63, 3.8) is 0 Å². The van der Waals surface area contributed by atoms with E-state index < -0.39 is 0 Å². The zero-order valence-electron chi connectivity index (χ0n) is 10.1. The van der Waals surface area contributed by atoms with Crippen LogP contribution in [-0.4, -0.2) is 4.57 Å². The second-order valence-electron chi connectivity index (χ2n) is 3.93. The Morgan fingerprint density at radius 2 is 2.00 bits per heavy atom. The molecule has 1 aromatic heterocycles. The van der Waals surface area contributed by atoms with E-state index in [-0.39, 0.29) is 5.43 Å². The maximum absolute atomic E-state index is 11.6. The second-order valence-corrected chi connectivity index (χ2v) is 3.93. The topological polar surface area (TPSA) is 31.2 Å². The standard InChI is InChI=1S/C15H15NO2/c1-2-9-16-10-8-14(17)15(11-16)18-12-13-6-4-3-5-7-13/h2-8,10-11H,1,9,12H2. The predicted molar refractivity (Wildman–Crippen MR) is 71.7 cm³/mol. The third-order valence-corrected chi connectivity index (χ3v) is 2.52. The smallest absolute Gasteiger partial charge is 0.223 e. The maximum atomic E-state index is 11.6. The number of pyridine rings is 1. The van der Waals surface area contributed by atoms with Gasteiger partial charge in [-0.05, 0) is 5.56 Å². The minimum atomic E-state index is -0.105. The average Bonchev–Trinajstić information content (AvgIpc) is 2.41. The van der Waals surface area contributed by atoms with Crippen LogP contribution in [0.1, 0.15) is 5.56 Å². The van der Waals surface area contributed by atoms with Crippen molar-refractivity contribution in [2.45, 2.75) is 13.2 Å². The van der Waals surface area contributed by atoms with Gasteiger partial charge in [0.1, 0.15) is 6.61 Å². The van der Waals surface area contributed by atoms with Crippen LogP contribution >= 0.6 is 0 Å². The third kappa shape index (κ3) is 3.10. The lowest BCUT2D eigenvalue weighted by Gasteiger charge is -2.08. The van der Waals surface area contributed by atoms with Crippen LogP contribution in [-0.2, 0) is 13.2 Å². The molecule has 3 nitrogen and oxygen atoms in total. The summed E-state index contributed by atoms with van der Waals surface area (Å²) in [5.74, 6) is 0.364. The highest BCUT2D eigenvalue weighted by atomic mass is 16.5. The molecule has 0 saturated heterocycles. The molecular formula is C15H15NO2. The first-order valence-corrected chi connectivity index (χ1v) is 5.77. The largest absolute Gasteiger partial charge is 0.483 e. The molecule has 0 aliphatic carbocycles. The van der Waals surface area contributed by atoms with Gasteiger partial charge in [-0.15, -0.1) is 6.58 Å². The summed E-state index contributed by atoms with van der Waals surface area (Å²) in [7, 11) is 0. The Hall–Kier alpha value is -2.29.